The third-order valence-electron chi connectivity index (χ3n) is 1.42. The zero-order chi connectivity index (χ0) is 13.9. The predicted molar refractivity (Wildman–Crippen MR) is 66.3 cm³/mol. The summed E-state index contributed by atoms with van der Waals surface area (Å²) in [6, 6.07) is -1.15. The minimum absolute atomic E-state index is 0.114. The third-order valence-corrected chi connectivity index (χ3v) is 3.03. The Bertz CT molecular complexity index is 366. The van der Waals surface area contributed by atoms with Crippen molar-refractivity contribution in [2.45, 2.75) is 17.6 Å². The molecule has 0 bridgehead atoms. The second-order valence-corrected chi connectivity index (χ2v) is 7.65. The van der Waals surface area contributed by atoms with Gasteiger partial charge in [0.1, 0.15) is 6.61 Å². The fraction of sp³-hybridized carbons (Fsp3) is 0.857. The van der Waals surface area contributed by atoms with Gasteiger partial charge in [0.05, 0.1) is 0 Å². The Morgan fingerprint density at radius 2 is 1.88 bits per heavy atom. The van der Waals surface area contributed by atoms with Crippen molar-refractivity contribution < 1.29 is 17.4 Å². The van der Waals surface area contributed by atoms with E-state index in [1.54, 1.807) is 13.8 Å². The van der Waals surface area contributed by atoms with Crippen molar-refractivity contribution in [2.75, 3.05) is 13.2 Å². The zero-order valence-electron chi connectivity index (χ0n) is 9.19. The zero-order valence-corrected chi connectivity index (χ0v) is 12.3. The molecule has 0 spiro atoms. The van der Waals surface area contributed by atoms with Crippen LogP contribution in [-0.4, -0.2) is 35.7 Å². The molecule has 0 aliphatic carbocycles. The Labute approximate surface area is 115 Å². The molecule has 2 amide bonds. The average Bonchev–Trinajstić information content (AvgIpc) is 2.09. The molecule has 102 valence electrons. The van der Waals surface area contributed by atoms with Gasteiger partial charge in [0.15, 0.2) is 0 Å². The maximum atomic E-state index is 11.6. The van der Waals surface area contributed by atoms with E-state index in [1.807, 2.05) is 0 Å². The van der Waals surface area contributed by atoms with E-state index < -0.39 is 26.7 Å². The summed E-state index contributed by atoms with van der Waals surface area (Å²) in [5.74, 6) is -0.117. The second kappa shape index (κ2) is 6.29. The number of carbonyl (C=O) groups is 1. The van der Waals surface area contributed by atoms with Gasteiger partial charge < -0.3 is 5.73 Å². The van der Waals surface area contributed by atoms with Gasteiger partial charge in [0.25, 0.3) is 0 Å². The third kappa shape index (κ3) is 7.15. The molecule has 2 N–H and O–H groups in total. The van der Waals surface area contributed by atoms with E-state index in [0.29, 0.717) is 4.31 Å². The highest BCUT2D eigenvalue weighted by molar-refractivity contribution is 7.84. The molecule has 0 radical (unpaired) electrons. The minimum Gasteiger partial charge on any atom is -0.351 e. The van der Waals surface area contributed by atoms with Crippen molar-refractivity contribution in [1.82, 2.24) is 4.31 Å². The summed E-state index contributed by atoms with van der Waals surface area (Å²) >= 11 is 16.0. The van der Waals surface area contributed by atoms with E-state index in [4.69, 9.17) is 40.5 Å². The lowest BCUT2D eigenvalue weighted by atomic mass is 10.2. The number of hydrogen-bond donors (Lipinski definition) is 1. The van der Waals surface area contributed by atoms with Crippen molar-refractivity contribution in [2.24, 2.45) is 11.7 Å². The van der Waals surface area contributed by atoms with E-state index in [9.17, 15) is 13.2 Å². The molecule has 0 unspecified atom stereocenters. The van der Waals surface area contributed by atoms with Gasteiger partial charge in [-0.05, 0) is 5.92 Å². The number of carbonyl (C=O) groups excluding carboxylic acids is 1. The van der Waals surface area contributed by atoms with Crippen LogP contribution in [0.3, 0.4) is 0 Å². The topological polar surface area (TPSA) is 89.7 Å². The average molecular weight is 328 g/mol. The van der Waals surface area contributed by atoms with Crippen LogP contribution >= 0.6 is 34.8 Å². The Kier molecular flexibility index (Phi) is 6.30. The first kappa shape index (κ1) is 17.1. The fourth-order valence-electron chi connectivity index (χ4n) is 0.828. The number of nitrogens with zero attached hydrogens (tertiary/aromatic N) is 1. The smallest absolute Gasteiger partial charge is 0.351 e. The van der Waals surface area contributed by atoms with Gasteiger partial charge >= 0.3 is 16.3 Å². The molecule has 0 atom stereocenters. The van der Waals surface area contributed by atoms with Crippen molar-refractivity contribution in [3.8, 4) is 0 Å². The molecule has 0 aromatic heterocycles. The number of halogens is 3. The lowest BCUT2D eigenvalue weighted by Gasteiger charge is -2.22. The SMILES string of the molecule is CC(C)CN(C(N)=O)S(=O)(=O)OCC(Cl)(Cl)Cl. The number of primary amides is 1. The molecule has 0 rings (SSSR count). The van der Waals surface area contributed by atoms with Crippen LogP contribution in [0.4, 0.5) is 4.79 Å². The molecule has 0 saturated carbocycles. The van der Waals surface area contributed by atoms with E-state index >= 15 is 0 Å². The summed E-state index contributed by atoms with van der Waals surface area (Å²) < 4.78 is 26.1. The van der Waals surface area contributed by atoms with Crippen molar-refractivity contribution in [3.05, 3.63) is 0 Å². The van der Waals surface area contributed by atoms with E-state index in [0.717, 1.165) is 0 Å². The molecule has 17 heavy (non-hydrogen) atoms. The van der Waals surface area contributed by atoms with Crippen LogP contribution in [0.15, 0.2) is 0 Å². The van der Waals surface area contributed by atoms with Gasteiger partial charge in [-0.1, -0.05) is 48.7 Å². The standard InChI is InChI=1S/C7H13Cl3N2O4S/c1-5(2)3-12(6(11)13)17(14,15)16-4-7(8,9)10/h5H,3-4H2,1-2H3,(H2,11,13). The number of hydrogen-bond acceptors (Lipinski definition) is 4. The predicted octanol–water partition coefficient (Wildman–Crippen LogP) is 1.65. The number of nitrogens with two attached hydrogens (primary N) is 1. The molecule has 10 heteroatoms. The molecule has 0 aromatic rings. The van der Waals surface area contributed by atoms with Gasteiger partial charge in [-0.2, -0.15) is 12.7 Å². The molecular weight excluding hydrogens is 315 g/mol. The van der Waals surface area contributed by atoms with E-state index in [1.165, 1.54) is 0 Å². The maximum absolute atomic E-state index is 11.6. The fourth-order valence-corrected chi connectivity index (χ4v) is 2.34. The molecular formula is C7H13Cl3N2O4S. The van der Waals surface area contributed by atoms with Crippen LogP contribution in [0.25, 0.3) is 0 Å². The normalized spacial score (nSPS) is 12.8. The first-order valence-electron chi connectivity index (χ1n) is 4.49. The highest BCUT2D eigenvalue weighted by Crippen LogP contribution is 2.27. The largest absolute Gasteiger partial charge is 0.366 e. The Morgan fingerprint density at radius 3 is 2.18 bits per heavy atom. The molecule has 0 saturated heterocycles. The van der Waals surface area contributed by atoms with Crippen LogP contribution in [0.5, 0.6) is 0 Å². The van der Waals surface area contributed by atoms with E-state index in [-0.39, 0.29) is 12.5 Å². The molecule has 6 nitrogen and oxygen atoms in total. The van der Waals surface area contributed by atoms with Crippen LogP contribution < -0.4 is 5.73 Å². The Morgan fingerprint density at radius 1 is 1.41 bits per heavy atom. The monoisotopic (exact) mass is 326 g/mol. The molecule has 0 fully saturated rings. The van der Waals surface area contributed by atoms with Gasteiger partial charge in [-0.15, -0.1) is 0 Å². The van der Waals surface area contributed by atoms with Gasteiger partial charge in [0, 0.05) is 6.54 Å². The Balaban J connectivity index is 4.80. The van der Waals surface area contributed by atoms with Crippen LogP contribution in [0.2, 0.25) is 0 Å². The van der Waals surface area contributed by atoms with Crippen LogP contribution in [0.1, 0.15) is 13.8 Å². The summed E-state index contributed by atoms with van der Waals surface area (Å²) in [5.41, 5.74) is 4.94. The number of amides is 2. The quantitative estimate of drug-likeness (QED) is 0.778. The highest BCUT2D eigenvalue weighted by Gasteiger charge is 2.31. The molecule has 0 aliphatic heterocycles. The lowest BCUT2D eigenvalue weighted by Crippen LogP contribution is -2.44. The minimum atomic E-state index is -4.34. The Hall–Kier alpha value is 0.0500. The van der Waals surface area contributed by atoms with Crippen LogP contribution in [0, 0.1) is 5.92 Å². The van der Waals surface area contributed by atoms with Crippen molar-refractivity contribution >= 4 is 51.1 Å². The van der Waals surface area contributed by atoms with E-state index in [2.05, 4.69) is 4.18 Å². The van der Waals surface area contributed by atoms with Gasteiger partial charge in [-0.25, -0.2) is 8.98 Å². The molecule has 0 heterocycles. The van der Waals surface area contributed by atoms with Crippen molar-refractivity contribution in [1.29, 1.82) is 0 Å². The number of rotatable bonds is 5. The summed E-state index contributed by atoms with van der Waals surface area (Å²) in [6.45, 7) is 2.60. The summed E-state index contributed by atoms with van der Waals surface area (Å²) in [5, 5.41) is 0. The summed E-state index contributed by atoms with van der Waals surface area (Å²) in [7, 11) is -4.34. The van der Waals surface area contributed by atoms with Gasteiger partial charge in [-0.3, -0.25) is 0 Å². The first-order valence-corrected chi connectivity index (χ1v) is 6.99. The van der Waals surface area contributed by atoms with Gasteiger partial charge in [0.2, 0.25) is 3.79 Å². The lowest BCUT2D eigenvalue weighted by molar-refractivity contribution is 0.216. The molecule has 0 aromatic carbocycles. The first-order chi connectivity index (χ1) is 7.46. The summed E-state index contributed by atoms with van der Waals surface area (Å²) in [6.07, 6.45) is 0. The second-order valence-electron chi connectivity index (χ2n) is 3.60. The molecule has 0 aliphatic rings. The maximum Gasteiger partial charge on any atom is 0.366 e. The van der Waals surface area contributed by atoms with Crippen LogP contribution in [-0.2, 0) is 14.5 Å². The van der Waals surface area contributed by atoms with Crippen molar-refractivity contribution in [3.63, 3.8) is 0 Å². The number of alkyl halides is 3. The number of urea groups is 1. The summed E-state index contributed by atoms with van der Waals surface area (Å²) in [4.78, 5) is 11.0. The highest BCUT2D eigenvalue weighted by atomic mass is 35.6.